The molecular weight excluding hydrogens is 128 g/mol. The first-order valence-electron chi connectivity index (χ1n) is 1.86. The van der Waals surface area contributed by atoms with Crippen molar-refractivity contribution in [2.75, 3.05) is 6.79 Å². The normalized spacial score (nSPS) is 10.7. The molecule has 0 aromatic rings. The molecule has 0 radical (unpaired) electrons. The maximum atomic E-state index is 4.54. The highest BCUT2D eigenvalue weighted by Gasteiger charge is 1.77. The van der Waals surface area contributed by atoms with Crippen LogP contribution in [0.4, 0.5) is 0 Å². The SMILES string of the molecule is N/N=N/OCO/N=N/N. The van der Waals surface area contributed by atoms with Crippen molar-refractivity contribution in [3.63, 3.8) is 0 Å². The molecule has 52 valence electrons. The second-order valence-corrected chi connectivity index (χ2v) is 0.770. The van der Waals surface area contributed by atoms with Crippen molar-refractivity contribution in [1.29, 1.82) is 0 Å². The molecule has 0 spiro atoms. The maximum Gasteiger partial charge on any atom is 0.284 e. The van der Waals surface area contributed by atoms with E-state index in [0.29, 0.717) is 0 Å². The van der Waals surface area contributed by atoms with Crippen LogP contribution in [0.1, 0.15) is 0 Å². The molecular formula is CH6N6O2. The summed E-state index contributed by atoms with van der Waals surface area (Å²) >= 11 is 0. The van der Waals surface area contributed by atoms with Crippen molar-refractivity contribution >= 4 is 0 Å². The highest BCUT2D eigenvalue weighted by molar-refractivity contribution is 3.92. The first-order chi connectivity index (χ1) is 4.41. The third-order valence-electron chi connectivity index (χ3n) is 0.315. The molecule has 8 heteroatoms. The Hall–Kier alpha value is -1.60. The zero-order valence-corrected chi connectivity index (χ0v) is 4.47. The highest BCUT2D eigenvalue weighted by atomic mass is 16.8. The van der Waals surface area contributed by atoms with Crippen LogP contribution in [0.2, 0.25) is 0 Å². The fraction of sp³-hybridized carbons (Fsp3) is 1.00. The predicted molar refractivity (Wildman–Crippen MR) is 25.1 cm³/mol. The number of rotatable bonds is 4. The van der Waals surface area contributed by atoms with Gasteiger partial charge < -0.3 is 21.4 Å². The van der Waals surface area contributed by atoms with Crippen LogP contribution in [-0.4, -0.2) is 6.79 Å². The Labute approximate surface area is 50.4 Å². The van der Waals surface area contributed by atoms with Crippen LogP contribution in [0.15, 0.2) is 21.0 Å². The molecule has 0 aromatic heterocycles. The van der Waals surface area contributed by atoms with Gasteiger partial charge in [-0.3, -0.25) is 0 Å². The van der Waals surface area contributed by atoms with Crippen LogP contribution < -0.4 is 11.7 Å². The Bertz CT molecular complexity index is 87.2. The van der Waals surface area contributed by atoms with E-state index >= 15 is 0 Å². The quantitative estimate of drug-likeness (QED) is 0.176. The van der Waals surface area contributed by atoms with Gasteiger partial charge in [-0.1, -0.05) is 0 Å². The van der Waals surface area contributed by atoms with E-state index in [1.54, 1.807) is 0 Å². The molecule has 8 nitrogen and oxygen atoms in total. The Morgan fingerprint density at radius 2 is 1.44 bits per heavy atom. The Morgan fingerprint density at radius 3 is 1.78 bits per heavy atom. The third kappa shape index (κ3) is 6.40. The largest absolute Gasteiger partial charge is 0.333 e. The summed E-state index contributed by atoms with van der Waals surface area (Å²) in [5.74, 6) is 9.08. The standard InChI is InChI=1S/CH6N6O2/c2-4-6-8-1-9-7-5-3/h1H2,(H2,2,6)(H2,3,7). The first kappa shape index (κ1) is 7.40. The highest BCUT2D eigenvalue weighted by Crippen LogP contribution is 1.78. The molecule has 4 N–H and O–H groups in total. The van der Waals surface area contributed by atoms with Gasteiger partial charge in [0.15, 0.2) is 0 Å². The second-order valence-electron chi connectivity index (χ2n) is 0.770. The monoisotopic (exact) mass is 134 g/mol. The van der Waals surface area contributed by atoms with Gasteiger partial charge in [0.2, 0.25) is 0 Å². The summed E-state index contributed by atoms with van der Waals surface area (Å²) in [5.41, 5.74) is 0. The van der Waals surface area contributed by atoms with Gasteiger partial charge in [0.05, 0.1) is 0 Å². The van der Waals surface area contributed by atoms with E-state index in [0.717, 1.165) is 0 Å². The lowest BCUT2D eigenvalue weighted by molar-refractivity contribution is -0.0670. The zero-order chi connectivity index (χ0) is 6.95. The van der Waals surface area contributed by atoms with Gasteiger partial charge in [0.25, 0.3) is 6.79 Å². The smallest absolute Gasteiger partial charge is 0.284 e. The fourth-order valence-electron chi connectivity index (χ4n) is 0.137. The number of nitrogens with two attached hydrogens (primary N) is 2. The van der Waals surface area contributed by atoms with Crippen molar-refractivity contribution in [3.8, 4) is 0 Å². The minimum absolute atomic E-state index is 0.221. The third-order valence-corrected chi connectivity index (χ3v) is 0.315. The first-order valence-corrected chi connectivity index (χ1v) is 1.86. The summed E-state index contributed by atoms with van der Waals surface area (Å²) in [6.45, 7) is -0.221. The van der Waals surface area contributed by atoms with Crippen LogP contribution in [0.3, 0.4) is 0 Å². The molecule has 9 heavy (non-hydrogen) atoms. The van der Waals surface area contributed by atoms with Crippen molar-refractivity contribution in [2.45, 2.75) is 0 Å². The van der Waals surface area contributed by atoms with Gasteiger partial charge in [-0.25, -0.2) is 0 Å². The average molecular weight is 134 g/mol. The van der Waals surface area contributed by atoms with E-state index in [1.807, 2.05) is 0 Å². The average Bonchev–Trinajstić information content (AvgIpc) is 1.89. The Morgan fingerprint density at radius 1 is 1.00 bits per heavy atom. The van der Waals surface area contributed by atoms with Crippen molar-refractivity contribution < 1.29 is 9.68 Å². The molecule has 0 saturated heterocycles. The van der Waals surface area contributed by atoms with Gasteiger partial charge >= 0.3 is 0 Å². The summed E-state index contributed by atoms with van der Waals surface area (Å²) in [5, 5.41) is 11.3. The molecule has 0 rings (SSSR count). The van der Waals surface area contributed by atoms with Gasteiger partial charge in [-0.05, 0) is 10.4 Å². The minimum Gasteiger partial charge on any atom is -0.333 e. The van der Waals surface area contributed by atoms with Gasteiger partial charge in [-0.2, -0.15) is 0 Å². The summed E-state index contributed by atoms with van der Waals surface area (Å²) < 4.78 is 0. The van der Waals surface area contributed by atoms with Crippen molar-refractivity contribution in [3.05, 3.63) is 0 Å². The van der Waals surface area contributed by atoms with Gasteiger partial charge in [0.1, 0.15) is 0 Å². The molecule has 0 amide bonds. The molecule has 0 atom stereocenters. The molecule has 0 heterocycles. The molecule has 0 aliphatic rings. The number of hydrogen-bond donors (Lipinski definition) is 2. The Kier molecular flexibility index (Phi) is 5.26. The lowest BCUT2D eigenvalue weighted by Gasteiger charge is -1.90. The van der Waals surface area contributed by atoms with E-state index in [2.05, 4.69) is 42.4 Å². The second kappa shape index (κ2) is 6.40. The lowest BCUT2D eigenvalue weighted by atomic mass is 11.5. The number of nitrogens with zero attached hydrogens (tertiary/aromatic N) is 4. The molecule has 0 fully saturated rings. The summed E-state index contributed by atoms with van der Waals surface area (Å²) in [4.78, 5) is 8.37. The van der Waals surface area contributed by atoms with Gasteiger partial charge in [0, 0.05) is 10.6 Å². The van der Waals surface area contributed by atoms with Crippen molar-refractivity contribution in [1.82, 2.24) is 0 Å². The molecule has 0 unspecified atom stereocenters. The lowest BCUT2D eigenvalue weighted by Crippen LogP contribution is -1.90. The molecule has 0 bridgehead atoms. The van der Waals surface area contributed by atoms with Crippen LogP contribution >= 0.6 is 0 Å². The summed E-state index contributed by atoms with van der Waals surface area (Å²) in [6, 6.07) is 0. The van der Waals surface area contributed by atoms with Crippen molar-refractivity contribution in [2.24, 2.45) is 32.7 Å². The van der Waals surface area contributed by atoms with E-state index in [-0.39, 0.29) is 6.79 Å². The molecule has 0 aliphatic carbocycles. The molecule has 0 aromatic carbocycles. The minimum atomic E-state index is -0.221. The Balaban J connectivity index is 2.91. The van der Waals surface area contributed by atoms with E-state index in [4.69, 9.17) is 0 Å². The summed E-state index contributed by atoms with van der Waals surface area (Å²) in [7, 11) is 0. The van der Waals surface area contributed by atoms with Crippen LogP contribution in [-0.2, 0) is 9.68 Å². The molecule has 0 aliphatic heterocycles. The van der Waals surface area contributed by atoms with E-state index < -0.39 is 0 Å². The van der Waals surface area contributed by atoms with E-state index in [9.17, 15) is 0 Å². The predicted octanol–water partition coefficient (Wildman–Crippen LogP) is -0.541. The van der Waals surface area contributed by atoms with E-state index in [1.165, 1.54) is 0 Å². The number of hydrogen-bond acceptors (Lipinski definition) is 6. The topological polar surface area (TPSA) is 120 Å². The summed E-state index contributed by atoms with van der Waals surface area (Å²) in [6.07, 6.45) is 0. The van der Waals surface area contributed by atoms with Crippen LogP contribution in [0.5, 0.6) is 0 Å². The van der Waals surface area contributed by atoms with Crippen LogP contribution in [0.25, 0.3) is 0 Å². The van der Waals surface area contributed by atoms with Gasteiger partial charge in [-0.15, -0.1) is 0 Å². The zero-order valence-electron chi connectivity index (χ0n) is 4.47. The fourth-order valence-corrected chi connectivity index (χ4v) is 0.137. The molecule has 0 saturated carbocycles. The van der Waals surface area contributed by atoms with Crippen LogP contribution in [0, 0.1) is 0 Å². The maximum absolute atomic E-state index is 4.54.